The van der Waals surface area contributed by atoms with E-state index in [1.165, 1.54) is 6.08 Å². The van der Waals surface area contributed by atoms with Gasteiger partial charge in [-0.3, -0.25) is 5.32 Å². The van der Waals surface area contributed by atoms with Crippen LogP contribution >= 0.6 is 11.8 Å². The summed E-state index contributed by atoms with van der Waals surface area (Å²) in [4.78, 5) is 24.1. The molecule has 204 valence electrons. The number of aromatic carboxylic acids is 1. The van der Waals surface area contributed by atoms with Gasteiger partial charge in [-0.2, -0.15) is 0 Å². The van der Waals surface area contributed by atoms with E-state index >= 15 is 0 Å². The number of aliphatic hydroxyl groups excluding tert-OH is 1. The molecule has 0 saturated carbocycles. The molecule has 1 amide bonds. The maximum atomic E-state index is 12.0. The molecule has 1 heterocycles. The van der Waals surface area contributed by atoms with Gasteiger partial charge in [-0.15, -0.1) is 11.8 Å². The summed E-state index contributed by atoms with van der Waals surface area (Å²) in [5.74, 6) is -0.358. The Hall–Kier alpha value is -3.63. The normalized spacial score (nSPS) is 20.7. The van der Waals surface area contributed by atoms with Crippen LogP contribution in [0, 0.1) is 5.92 Å². The number of carbonyl (C=O) groups is 2. The van der Waals surface area contributed by atoms with Crippen molar-refractivity contribution >= 4 is 29.5 Å². The lowest BCUT2D eigenvalue weighted by Gasteiger charge is -2.41. The van der Waals surface area contributed by atoms with Crippen LogP contribution in [0.2, 0.25) is 0 Å². The number of rotatable bonds is 10. The number of thioether (sulfide) groups is 1. The monoisotopic (exact) mass is 549 g/mol. The van der Waals surface area contributed by atoms with Crippen molar-refractivity contribution in [1.82, 2.24) is 0 Å². The molecule has 0 spiro atoms. The number of amides is 1. The van der Waals surface area contributed by atoms with Crippen molar-refractivity contribution in [3.8, 4) is 0 Å². The van der Waals surface area contributed by atoms with Gasteiger partial charge in [0.2, 0.25) is 0 Å². The molecular formula is C30H31NO7S. The topological polar surface area (TPSA) is 114 Å². The molecule has 0 bridgehead atoms. The molecule has 0 unspecified atom stereocenters. The second-order valence-electron chi connectivity index (χ2n) is 9.10. The third-order valence-electron chi connectivity index (χ3n) is 6.38. The van der Waals surface area contributed by atoms with E-state index in [0.717, 1.165) is 21.6 Å². The summed E-state index contributed by atoms with van der Waals surface area (Å²) in [6, 6.07) is 21.7. The molecule has 3 aromatic rings. The van der Waals surface area contributed by atoms with E-state index in [0.29, 0.717) is 11.4 Å². The lowest BCUT2D eigenvalue weighted by Crippen LogP contribution is -2.38. The van der Waals surface area contributed by atoms with Crippen LogP contribution in [0.5, 0.6) is 0 Å². The molecule has 0 aliphatic carbocycles. The third-order valence-corrected chi connectivity index (χ3v) is 7.48. The molecule has 0 aromatic heterocycles. The maximum absolute atomic E-state index is 12.0. The van der Waals surface area contributed by atoms with Gasteiger partial charge < -0.3 is 24.4 Å². The second-order valence-corrected chi connectivity index (χ2v) is 10.2. The molecule has 3 aromatic carbocycles. The second kappa shape index (κ2) is 13.4. The molecule has 4 rings (SSSR count). The van der Waals surface area contributed by atoms with Crippen LogP contribution in [0.15, 0.2) is 90.3 Å². The van der Waals surface area contributed by atoms with E-state index < -0.39 is 18.4 Å². The van der Waals surface area contributed by atoms with Crippen LogP contribution in [-0.4, -0.2) is 40.7 Å². The smallest absolute Gasteiger partial charge is 0.411 e. The van der Waals surface area contributed by atoms with Gasteiger partial charge in [0.15, 0.2) is 6.29 Å². The predicted octanol–water partition coefficient (Wildman–Crippen LogP) is 6.20. The third kappa shape index (κ3) is 7.48. The number of aliphatic hydroxyl groups is 1. The van der Waals surface area contributed by atoms with Crippen LogP contribution < -0.4 is 5.32 Å². The molecular weight excluding hydrogens is 518 g/mol. The van der Waals surface area contributed by atoms with Crippen molar-refractivity contribution in [2.75, 3.05) is 17.7 Å². The summed E-state index contributed by atoms with van der Waals surface area (Å²) in [7, 11) is 0. The summed E-state index contributed by atoms with van der Waals surface area (Å²) in [6.45, 7) is 5.68. The van der Waals surface area contributed by atoms with Crippen molar-refractivity contribution in [3.05, 3.63) is 108 Å². The molecule has 3 N–H and O–H groups in total. The molecule has 0 radical (unpaired) electrons. The average Bonchev–Trinajstić information content (AvgIpc) is 2.96. The van der Waals surface area contributed by atoms with Gasteiger partial charge in [0.05, 0.1) is 24.4 Å². The Balaban J connectivity index is 1.55. The predicted molar refractivity (Wildman–Crippen MR) is 149 cm³/mol. The summed E-state index contributed by atoms with van der Waals surface area (Å²) >= 11 is 1.58. The van der Waals surface area contributed by atoms with Gasteiger partial charge in [-0.1, -0.05) is 56.0 Å². The van der Waals surface area contributed by atoms with Gasteiger partial charge in [-0.25, -0.2) is 9.59 Å². The molecule has 1 fully saturated rings. The summed E-state index contributed by atoms with van der Waals surface area (Å²) in [5.41, 5.74) is 3.30. The SMILES string of the molecule is C=CCOC(=O)Nc1cccc([C@H]2O[C@@H](CSc3ccc(C(=O)O)cc3)[C@@H](C)[C@@H](c3ccc(CO)cc3)O2)c1. The maximum Gasteiger partial charge on any atom is 0.411 e. The summed E-state index contributed by atoms with van der Waals surface area (Å²) in [6.07, 6.45) is -0.284. The number of anilines is 1. The molecule has 8 nitrogen and oxygen atoms in total. The first-order chi connectivity index (χ1) is 18.9. The zero-order chi connectivity index (χ0) is 27.8. The fourth-order valence-electron chi connectivity index (χ4n) is 4.23. The van der Waals surface area contributed by atoms with Gasteiger partial charge >= 0.3 is 12.1 Å². The highest BCUT2D eigenvalue weighted by Crippen LogP contribution is 2.43. The van der Waals surface area contributed by atoms with Gasteiger partial charge in [0.25, 0.3) is 0 Å². The Morgan fingerprint density at radius 1 is 1.05 bits per heavy atom. The molecule has 1 saturated heterocycles. The quantitative estimate of drug-likeness (QED) is 0.202. The van der Waals surface area contributed by atoms with Crippen LogP contribution in [0.1, 0.15) is 46.4 Å². The highest BCUT2D eigenvalue weighted by Gasteiger charge is 2.38. The minimum absolute atomic E-state index is 0.0118. The Morgan fingerprint density at radius 3 is 2.46 bits per heavy atom. The fourth-order valence-corrected chi connectivity index (χ4v) is 5.30. The van der Waals surface area contributed by atoms with E-state index in [-0.39, 0.29) is 36.9 Å². The molecule has 9 heteroatoms. The lowest BCUT2D eigenvalue weighted by molar-refractivity contribution is -0.268. The number of carboxylic acid groups (broad SMARTS) is 1. The first kappa shape index (κ1) is 28.4. The van der Waals surface area contributed by atoms with Gasteiger partial charge in [0, 0.05) is 27.8 Å². The number of carboxylic acids is 1. The number of benzene rings is 3. The number of ether oxygens (including phenoxy) is 3. The molecule has 1 aliphatic rings. The van der Waals surface area contributed by atoms with Crippen LogP contribution in [-0.2, 0) is 20.8 Å². The number of nitrogens with one attached hydrogen (secondary N) is 1. The highest BCUT2D eigenvalue weighted by molar-refractivity contribution is 7.99. The van der Waals surface area contributed by atoms with Crippen LogP contribution in [0.25, 0.3) is 0 Å². The van der Waals surface area contributed by atoms with Crippen molar-refractivity contribution in [1.29, 1.82) is 0 Å². The molecule has 4 atom stereocenters. The first-order valence-corrected chi connectivity index (χ1v) is 13.5. The highest BCUT2D eigenvalue weighted by atomic mass is 32.2. The number of hydrogen-bond donors (Lipinski definition) is 3. The zero-order valence-corrected chi connectivity index (χ0v) is 22.3. The largest absolute Gasteiger partial charge is 0.478 e. The first-order valence-electron chi connectivity index (χ1n) is 12.5. The van der Waals surface area contributed by atoms with Crippen molar-refractivity contribution in [2.24, 2.45) is 5.92 Å². The minimum Gasteiger partial charge on any atom is -0.478 e. The molecule has 1 aliphatic heterocycles. The Kier molecular flexibility index (Phi) is 9.78. The summed E-state index contributed by atoms with van der Waals surface area (Å²) < 4.78 is 17.9. The van der Waals surface area contributed by atoms with Crippen LogP contribution in [0.4, 0.5) is 10.5 Å². The Labute approximate surface area is 231 Å². The van der Waals surface area contributed by atoms with Gasteiger partial charge in [0.1, 0.15) is 6.61 Å². The Bertz CT molecular complexity index is 1280. The zero-order valence-electron chi connectivity index (χ0n) is 21.5. The Morgan fingerprint density at radius 2 is 1.79 bits per heavy atom. The van der Waals surface area contributed by atoms with Crippen molar-refractivity contribution in [2.45, 2.75) is 36.9 Å². The molecule has 39 heavy (non-hydrogen) atoms. The number of carbonyl (C=O) groups excluding carboxylic acids is 1. The van der Waals surface area contributed by atoms with Crippen LogP contribution in [0.3, 0.4) is 0 Å². The van der Waals surface area contributed by atoms with E-state index in [2.05, 4.69) is 18.8 Å². The number of hydrogen-bond acceptors (Lipinski definition) is 7. The van der Waals surface area contributed by atoms with E-state index in [4.69, 9.17) is 19.3 Å². The van der Waals surface area contributed by atoms with Crippen molar-refractivity contribution < 1.29 is 34.0 Å². The van der Waals surface area contributed by atoms with E-state index in [9.17, 15) is 14.7 Å². The van der Waals surface area contributed by atoms with Crippen molar-refractivity contribution in [3.63, 3.8) is 0 Å². The standard InChI is InChI=1S/C30H31NO7S/c1-3-15-36-30(35)31-24-6-4-5-23(16-24)29-37-26(18-39-25-13-11-22(12-14-25)28(33)34)19(2)27(38-29)21-9-7-20(17-32)8-10-21/h3-14,16,19,26-27,29,32H,1,15,17-18H2,2H3,(H,31,35)(H,33,34)/t19-,26+,27+,29+/m1/s1. The summed E-state index contributed by atoms with van der Waals surface area (Å²) in [5, 5.41) is 21.3. The minimum atomic E-state index is -0.962. The van der Waals surface area contributed by atoms with E-state index in [1.807, 2.05) is 36.4 Å². The van der Waals surface area contributed by atoms with E-state index in [1.54, 1.807) is 48.2 Å². The fraction of sp³-hybridized carbons (Fsp3) is 0.267. The lowest BCUT2D eigenvalue weighted by atomic mass is 9.91. The van der Waals surface area contributed by atoms with Gasteiger partial charge in [-0.05, 0) is 47.5 Å². The average molecular weight is 550 g/mol.